The predicted molar refractivity (Wildman–Crippen MR) is 126 cm³/mol. The molecule has 1 amide bonds. The second-order valence-electron chi connectivity index (χ2n) is 9.89. The van der Waals surface area contributed by atoms with Gasteiger partial charge in [-0.3, -0.25) is 9.36 Å². The summed E-state index contributed by atoms with van der Waals surface area (Å²) in [5.74, 6) is 4.19. The van der Waals surface area contributed by atoms with Gasteiger partial charge in [0.1, 0.15) is 5.76 Å². The van der Waals surface area contributed by atoms with E-state index in [-0.39, 0.29) is 17.2 Å². The maximum absolute atomic E-state index is 13.0. The normalized spacial score (nSPS) is 26.9. The third-order valence-corrected chi connectivity index (χ3v) is 8.77. The van der Waals surface area contributed by atoms with Crippen LogP contribution in [0.25, 0.3) is 0 Å². The van der Waals surface area contributed by atoms with Crippen LogP contribution in [0, 0.1) is 17.8 Å². The molecule has 5 unspecified atom stereocenters. The van der Waals surface area contributed by atoms with E-state index >= 15 is 0 Å². The maximum Gasteiger partial charge on any atom is 0.233 e. The molecule has 2 aromatic rings. The van der Waals surface area contributed by atoms with Crippen LogP contribution in [-0.4, -0.2) is 45.1 Å². The topological polar surface area (TPSA) is 76.2 Å². The molecule has 8 heteroatoms. The molecule has 3 heterocycles. The fourth-order valence-electron chi connectivity index (χ4n) is 5.96. The summed E-state index contributed by atoms with van der Waals surface area (Å²) < 4.78 is 7.72. The van der Waals surface area contributed by atoms with E-state index in [1.165, 1.54) is 56.7 Å². The summed E-state index contributed by atoms with van der Waals surface area (Å²) in [7, 11) is 0. The van der Waals surface area contributed by atoms with Crippen LogP contribution >= 0.6 is 11.8 Å². The smallest absolute Gasteiger partial charge is 0.233 e. The monoisotopic (exact) mass is 457 g/mol. The molecule has 1 saturated heterocycles. The van der Waals surface area contributed by atoms with E-state index in [0.717, 1.165) is 41.8 Å². The predicted octanol–water partition coefficient (Wildman–Crippen LogP) is 4.33. The van der Waals surface area contributed by atoms with Gasteiger partial charge in [-0.25, -0.2) is 0 Å². The van der Waals surface area contributed by atoms with Crippen LogP contribution < -0.4 is 10.2 Å². The molecule has 5 rings (SSSR count). The molecule has 0 radical (unpaired) electrons. The molecule has 32 heavy (non-hydrogen) atoms. The first kappa shape index (κ1) is 21.9. The molecule has 2 saturated carbocycles. The highest BCUT2D eigenvalue weighted by Crippen LogP contribution is 2.49. The molecule has 1 aliphatic heterocycles. The van der Waals surface area contributed by atoms with E-state index in [1.54, 1.807) is 6.26 Å². The van der Waals surface area contributed by atoms with Gasteiger partial charge in [0.25, 0.3) is 0 Å². The Balaban J connectivity index is 1.27. The molecular formula is C24H35N5O2S. The van der Waals surface area contributed by atoms with Crippen molar-refractivity contribution in [1.29, 1.82) is 0 Å². The summed E-state index contributed by atoms with van der Waals surface area (Å²) in [6.07, 6.45) is 10.7. The second kappa shape index (κ2) is 9.49. The van der Waals surface area contributed by atoms with Crippen LogP contribution in [0.15, 0.2) is 28.0 Å². The maximum atomic E-state index is 13.0. The van der Waals surface area contributed by atoms with Gasteiger partial charge in [-0.15, -0.1) is 10.2 Å². The Labute approximate surface area is 194 Å². The van der Waals surface area contributed by atoms with Crippen LogP contribution in [0.1, 0.15) is 64.6 Å². The molecule has 2 aliphatic carbocycles. The number of carbonyl (C=O) groups excluding carboxylic acids is 1. The summed E-state index contributed by atoms with van der Waals surface area (Å²) in [5, 5.41) is 12.9. The molecule has 7 nitrogen and oxygen atoms in total. The number of piperidine rings is 1. The third-order valence-electron chi connectivity index (χ3n) is 7.69. The quantitative estimate of drug-likeness (QED) is 0.595. The SMILES string of the molecule is CC(Sc1nnc(N2CCCCC2)n1Cc1ccco1)C(=O)NC(C)C1CC2CCC1C2. The van der Waals surface area contributed by atoms with Crippen molar-refractivity contribution in [3.63, 3.8) is 0 Å². The summed E-state index contributed by atoms with van der Waals surface area (Å²) in [5.41, 5.74) is 0. The van der Waals surface area contributed by atoms with E-state index in [4.69, 9.17) is 4.42 Å². The van der Waals surface area contributed by atoms with E-state index in [0.29, 0.717) is 12.5 Å². The van der Waals surface area contributed by atoms with Crippen LogP contribution in [0.3, 0.4) is 0 Å². The average molecular weight is 458 g/mol. The zero-order valence-electron chi connectivity index (χ0n) is 19.2. The highest BCUT2D eigenvalue weighted by atomic mass is 32.2. The minimum atomic E-state index is -0.232. The lowest BCUT2D eigenvalue weighted by atomic mass is 9.84. The molecule has 3 aliphatic rings. The number of thioether (sulfide) groups is 1. The van der Waals surface area contributed by atoms with Crippen molar-refractivity contribution in [3.05, 3.63) is 24.2 Å². The number of nitrogens with one attached hydrogen (secondary N) is 1. The molecule has 174 valence electrons. The Bertz CT molecular complexity index is 908. The third kappa shape index (κ3) is 4.56. The van der Waals surface area contributed by atoms with Gasteiger partial charge in [0.05, 0.1) is 18.1 Å². The first-order chi connectivity index (χ1) is 15.6. The number of amides is 1. The first-order valence-corrected chi connectivity index (χ1v) is 13.1. The van der Waals surface area contributed by atoms with Gasteiger partial charge in [0.15, 0.2) is 5.16 Å². The minimum absolute atomic E-state index is 0.0948. The van der Waals surface area contributed by atoms with Gasteiger partial charge in [0, 0.05) is 19.1 Å². The van der Waals surface area contributed by atoms with Crippen LogP contribution in [-0.2, 0) is 11.3 Å². The van der Waals surface area contributed by atoms with E-state index in [2.05, 4.69) is 31.9 Å². The number of nitrogens with zero attached hydrogens (tertiary/aromatic N) is 4. The van der Waals surface area contributed by atoms with Crippen LogP contribution in [0.4, 0.5) is 5.95 Å². The fraction of sp³-hybridized carbons (Fsp3) is 0.708. The van der Waals surface area contributed by atoms with Crippen molar-refractivity contribution in [2.45, 2.75) is 81.8 Å². The van der Waals surface area contributed by atoms with Crippen molar-refractivity contribution in [1.82, 2.24) is 20.1 Å². The number of furan rings is 1. The molecule has 0 aromatic carbocycles. The van der Waals surface area contributed by atoms with Crippen molar-refractivity contribution in [3.8, 4) is 0 Å². The molecular weight excluding hydrogens is 422 g/mol. The molecule has 3 fully saturated rings. The number of aromatic nitrogens is 3. The summed E-state index contributed by atoms with van der Waals surface area (Å²) in [4.78, 5) is 15.4. The number of rotatable bonds is 8. The number of carbonyl (C=O) groups is 1. The number of fused-ring (bicyclic) bond motifs is 2. The number of hydrogen-bond acceptors (Lipinski definition) is 6. The lowest BCUT2D eigenvalue weighted by Gasteiger charge is -2.29. The van der Waals surface area contributed by atoms with Gasteiger partial charge >= 0.3 is 0 Å². The summed E-state index contributed by atoms with van der Waals surface area (Å²) >= 11 is 1.49. The zero-order chi connectivity index (χ0) is 22.1. The first-order valence-electron chi connectivity index (χ1n) is 12.3. The van der Waals surface area contributed by atoms with Crippen molar-refractivity contribution >= 4 is 23.6 Å². The van der Waals surface area contributed by atoms with Crippen LogP contribution in [0.5, 0.6) is 0 Å². The molecule has 2 aromatic heterocycles. The standard InChI is InChI=1S/C24H35N5O2S/c1-16(21-14-18-8-9-19(21)13-18)25-22(30)17(2)32-24-27-26-23(28-10-4-3-5-11-28)29(24)15-20-7-6-12-31-20/h6-7,12,16-19,21H,3-5,8-11,13-15H2,1-2H3,(H,25,30). The summed E-state index contributed by atoms with van der Waals surface area (Å²) in [6, 6.07) is 4.12. The highest BCUT2D eigenvalue weighted by molar-refractivity contribution is 8.00. The number of hydrogen-bond donors (Lipinski definition) is 1. The van der Waals surface area contributed by atoms with Gasteiger partial charge in [-0.05, 0) is 82.3 Å². The Kier molecular flexibility index (Phi) is 6.49. The minimum Gasteiger partial charge on any atom is -0.467 e. The largest absolute Gasteiger partial charge is 0.467 e. The fourth-order valence-corrected chi connectivity index (χ4v) is 6.81. The lowest BCUT2D eigenvalue weighted by molar-refractivity contribution is -0.121. The Hall–Kier alpha value is -1.96. The van der Waals surface area contributed by atoms with Crippen molar-refractivity contribution in [2.75, 3.05) is 18.0 Å². The van der Waals surface area contributed by atoms with Gasteiger partial charge in [0.2, 0.25) is 11.9 Å². The molecule has 5 atom stereocenters. The Morgan fingerprint density at radius 2 is 2.06 bits per heavy atom. The lowest BCUT2D eigenvalue weighted by Crippen LogP contribution is -2.43. The van der Waals surface area contributed by atoms with E-state index < -0.39 is 0 Å². The number of anilines is 1. The second-order valence-corrected chi connectivity index (χ2v) is 11.2. The molecule has 1 N–H and O–H groups in total. The van der Waals surface area contributed by atoms with Crippen molar-refractivity contribution < 1.29 is 9.21 Å². The van der Waals surface area contributed by atoms with E-state index in [1.807, 2.05) is 19.1 Å². The van der Waals surface area contributed by atoms with Gasteiger partial charge < -0.3 is 14.6 Å². The van der Waals surface area contributed by atoms with Gasteiger partial charge in [-0.2, -0.15) is 0 Å². The van der Waals surface area contributed by atoms with Crippen molar-refractivity contribution in [2.24, 2.45) is 17.8 Å². The zero-order valence-corrected chi connectivity index (χ0v) is 20.0. The summed E-state index contributed by atoms with van der Waals surface area (Å²) in [6.45, 7) is 6.73. The molecule has 2 bridgehead atoms. The average Bonchev–Trinajstić information content (AvgIpc) is 3.61. The Morgan fingerprint density at radius 1 is 1.22 bits per heavy atom. The van der Waals surface area contributed by atoms with E-state index in [9.17, 15) is 4.79 Å². The van der Waals surface area contributed by atoms with Gasteiger partial charge in [-0.1, -0.05) is 18.2 Å². The van der Waals surface area contributed by atoms with Crippen LogP contribution in [0.2, 0.25) is 0 Å². The Morgan fingerprint density at radius 3 is 2.75 bits per heavy atom. The highest BCUT2D eigenvalue weighted by Gasteiger charge is 2.42. The molecule has 0 spiro atoms.